The number of hydrogen-bond donors (Lipinski definition) is 1. The zero-order chi connectivity index (χ0) is 13.9. The van der Waals surface area contributed by atoms with Crippen LogP contribution in [0.25, 0.3) is 11.4 Å². The van der Waals surface area contributed by atoms with Crippen LogP contribution in [0.1, 0.15) is 18.7 Å². The standard InChI is InChI=1S/C14H14FN3O2/c15-11-4-2-1-3-10(11)13-17-12(20-18-13)7-8-16-14(19)9-5-6-9/h1-4,9H,5-8H2,(H,16,19). The van der Waals surface area contributed by atoms with Crippen LogP contribution in [-0.4, -0.2) is 22.6 Å². The fourth-order valence-electron chi connectivity index (χ4n) is 1.89. The highest BCUT2D eigenvalue weighted by molar-refractivity contribution is 5.80. The molecule has 104 valence electrons. The highest BCUT2D eigenvalue weighted by atomic mass is 19.1. The minimum Gasteiger partial charge on any atom is -0.355 e. The Morgan fingerprint density at radius 2 is 2.20 bits per heavy atom. The maximum absolute atomic E-state index is 13.6. The van der Waals surface area contributed by atoms with Gasteiger partial charge in [-0.15, -0.1) is 0 Å². The fourth-order valence-corrected chi connectivity index (χ4v) is 1.89. The molecule has 1 heterocycles. The Morgan fingerprint density at radius 1 is 1.40 bits per heavy atom. The molecule has 1 N–H and O–H groups in total. The molecule has 1 saturated carbocycles. The summed E-state index contributed by atoms with van der Waals surface area (Å²) in [6.07, 6.45) is 2.40. The number of aromatic nitrogens is 2. The third kappa shape index (κ3) is 2.84. The molecule has 0 atom stereocenters. The number of benzene rings is 1. The summed E-state index contributed by atoms with van der Waals surface area (Å²) >= 11 is 0. The maximum atomic E-state index is 13.6. The SMILES string of the molecule is O=C(NCCc1nc(-c2ccccc2F)no1)C1CC1. The van der Waals surface area contributed by atoms with Crippen molar-refractivity contribution in [3.05, 3.63) is 36.0 Å². The average Bonchev–Trinajstić information content (AvgIpc) is 3.20. The lowest BCUT2D eigenvalue weighted by atomic mass is 10.2. The van der Waals surface area contributed by atoms with E-state index in [1.54, 1.807) is 18.2 Å². The molecule has 0 aliphatic heterocycles. The Balaban J connectivity index is 1.59. The summed E-state index contributed by atoms with van der Waals surface area (Å²) in [6.45, 7) is 0.453. The molecule has 1 aromatic heterocycles. The van der Waals surface area contributed by atoms with Crippen molar-refractivity contribution in [2.75, 3.05) is 6.54 Å². The van der Waals surface area contributed by atoms with Crippen LogP contribution in [0, 0.1) is 11.7 Å². The lowest BCUT2D eigenvalue weighted by molar-refractivity contribution is -0.122. The van der Waals surface area contributed by atoms with Crippen molar-refractivity contribution in [2.24, 2.45) is 5.92 Å². The van der Waals surface area contributed by atoms with E-state index >= 15 is 0 Å². The summed E-state index contributed by atoms with van der Waals surface area (Å²) in [5.41, 5.74) is 0.310. The molecule has 6 heteroatoms. The molecule has 0 spiro atoms. The van der Waals surface area contributed by atoms with Crippen LogP contribution in [0.5, 0.6) is 0 Å². The van der Waals surface area contributed by atoms with Crippen LogP contribution in [-0.2, 0) is 11.2 Å². The normalized spacial score (nSPS) is 14.2. The van der Waals surface area contributed by atoms with E-state index in [4.69, 9.17) is 4.52 Å². The Kier molecular flexibility index (Phi) is 3.45. The van der Waals surface area contributed by atoms with Gasteiger partial charge in [-0.25, -0.2) is 4.39 Å². The number of rotatable bonds is 5. The van der Waals surface area contributed by atoms with Gasteiger partial charge in [0, 0.05) is 18.9 Å². The van der Waals surface area contributed by atoms with Crippen LogP contribution in [0.2, 0.25) is 0 Å². The van der Waals surface area contributed by atoms with Gasteiger partial charge in [-0.1, -0.05) is 17.3 Å². The molecule has 3 rings (SSSR count). The number of amides is 1. The topological polar surface area (TPSA) is 68.0 Å². The first-order valence-electron chi connectivity index (χ1n) is 6.59. The third-order valence-corrected chi connectivity index (χ3v) is 3.17. The fraction of sp³-hybridized carbons (Fsp3) is 0.357. The molecule has 0 bridgehead atoms. The molecule has 0 unspecified atom stereocenters. The second-order valence-electron chi connectivity index (χ2n) is 4.81. The molecule has 0 radical (unpaired) electrons. The molecule has 5 nitrogen and oxygen atoms in total. The van der Waals surface area contributed by atoms with E-state index in [1.165, 1.54) is 6.07 Å². The van der Waals surface area contributed by atoms with Gasteiger partial charge >= 0.3 is 0 Å². The maximum Gasteiger partial charge on any atom is 0.228 e. The van der Waals surface area contributed by atoms with Crippen LogP contribution in [0.4, 0.5) is 4.39 Å². The smallest absolute Gasteiger partial charge is 0.228 e. The zero-order valence-electron chi connectivity index (χ0n) is 10.8. The van der Waals surface area contributed by atoms with E-state index in [2.05, 4.69) is 15.5 Å². The first-order chi connectivity index (χ1) is 9.74. The van der Waals surface area contributed by atoms with E-state index in [-0.39, 0.29) is 23.5 Å². The molecule has 2 aromatic rings. The predicted octanol–water partition coefficient (Wildman–Crippen LogP) is 1.94. The molecule has 1 aliphatic carbocycles. The van der Waals surface area contributed by atoms with E-state index in [9.17, 15) is 9.18 Å². The van der Waals surface area contributed by atoms with Crippen LogP contribution in [0.3, 0.4) is 0 Å². The number of nitrogens with zero attached hydrogens (tertiary/aromatic N) is 2. The molecule has 20 heavy (non-hydrogen) atoms. The van der Waals surface area contributed by atoms with Crippen molar-refractivity contribution in [1.82, 2.24) is 15.5 Å². The zero-order valence-corrected chi connectivity index (χ0v) is 10.8. The number of hydrogen-bond acceptors (Lipinski definition) is 4. The molecule has 1 aliphatic rings. The molecule has 1 aromatic carbocycles. The van der Waals surface area contributed by atoms with Gasteiger partial charge in [0.25, 0.3) is 0 Å². The van der Waals surface area contributed by atoms with Crippen molar-refractivity contribution in [3.8, 4) is 11.4 Å². The van der Waals surface area contributed by atoms with Crippen LogP contribution in [0.15, 0.2) is 28.8 Å². The molecule has 1 amide bonds. The van der Waals surface area contributed by atoms with Crippen molar-refractivity contribution >= 4 is 5.91 Å². The van der Waals surface area contributed by atoms with Gasteiger partial charge in [-0.05, 0) is 25.0 Å². The molecular weight excluding hydrogens is 261 g/mol. The number of carbonyl (C=O) groups is 1. The van der Waals surface area contributed by atoms with Crippen LogP contribution >= 0.6 is 0 Å². The summed E-state index contributed by atoms with van der Waals surface area (Å²) in [5.74, 6) is 0.498. The highest BCUT2D eigenvalue weighted by Gasteiger charge is 2.29. The quantitative estimate of drug-likeness (QED) is 0.905. The largest absolute Gasteiger partial charge is 0.355 e. The van der Waals surface area contributed by atoms with Gasteiger partial charge < -0.3 is 9.84 Å². The van der Waals surface area contributed by atoms with Crippen molar-refractivity contribution in [2.45, 2.75) is 19.3 Å². The summed E-state index contributed by atoms with van der Waals surface area (Å²) in [4.78, 5) is 15.6. The Bertz CT molecular complexity index is 622. The van der Waals surface area contributed by atoms with Gasteiger partial charge in [-0.3, -0.25) is 4.79 Å². The summed E-state index contributed by atoms with van der Waals surface area (Å²) in [5, 5.41) is 6.57. The minimum atomic E-state index is -0.387. The highest BCUT2D eigenvalue weighted by Crippen LogP contribution is 2.28. The van der Waals surface area contributed by atoms with E-state index in [0.717, 1.165) is 12.8 Å². The van der Waals surface area contributed by atoms with Crippen LogP contribution < -0.4 is 5.32 Å². The molecular formula is C14H14FN3O2. The average molecular weight is 275 g/mol. The molecule has 0 saturated heterocycles. The van der Waals surface area contributed by atoms with Gasteiger partial charge in [0.05, 0.1) is 5.56 Å². The Hall–Kier alpha value is -2.24. The second-order valence-corrected chi connectivity index (χ2v) is 4.81. The lowest BCUT2D eigenvalue weighted by Gasteiger charge is -2.00. The number of nitrogens with one attached hydrogen (secondary N) is 1. The minimum absolute atomic E-state index is 0.0823. The summed E-state index contributed by atoms with van der Waals surface area (Å²) in [7, 11) is 0. The van der Waals surface area contributed by atoms with Crippen molar-refractivity contribution in [3.63, 3.8) is 0 Å². The van der Waals surface area contributed by atoms with Crippen molar-refractivity contribution in [1.29, 1.82) is 0 Å². The van der Waals surface area contributed by atoms with Crippen molar-refractivity contribution < 1.29 is 13.7 Å². The Labute approximate surface area is 115 Å². The van der Waals surface area contributed by atoms with E-state index in [1.807, 2.05) is 0 Å². The Morgan fingerprint density at radius 3 is 2.95 bits per heavy atom. The van der Waals surface area contributed by atoms with E-state index < -0.39 is 0 Å². The van der Waals surface area contributed by atoms with Gasteiger partial charge in [-0.2, -0.15) is 4.98 Å². The lowest BCUT2D eigenvalue weighted by Crippen LogP contribution is -2.26. The van der Waals surface area contributed by atoms with Gasteiger partial charge in [0.1, 0.15) is 5.82 Å². The van der Waals surface area contributed by atoms with Gasteiger partial charge in [0.15, 0.2) is 0 Å². The predicted molar refractivity (Wildman–Crippen MR) is 69.1 cm³/mol. The van der Waals surface area contributed by atoms with E-state index in [0.29, 0.717) is 24.4 Å². The summed E-state index contributed by atoms with van der Waals surface area (Å²) < 4.78 is 18.6. The number of carbonyl (C=O) groups excluding carboxylic acids is 1. The monoisotopic (exact) mass is 275 g/mol. The second kappa shape index (κ2) is 5.40. The first-order valence-corrected chi connectivity index (χ1v) is 6.59. The number of halogens is 1. The van der Waals surface area contributed by atoms with Gasteiger partial charge in [0.2, 0.25) is 17.6 Å². The third-order valence-electron chi connectivity index (χ3n) is 3.17. The first kappa shape index (κ1) is 12.8. The summed E-state index contributed by atoms with van der Waals surface area (Å²) in [6, 6.07) is 6.26. The molecule has 1 fully saturated rings.